The highest BCUT2D eigenvalue weighted by atomic mass is 19.1. The van der Waals surface area contributed by atoms with Crippen molar-refractivity contribution in [2.24, 2.45) is 0 Å². The number of halogens is 1. The topological polar surface area (TPSA) is 75.2 Å². The highest BCUT2D eigenvalue weighted by Gasteiger charge is 2.28. The lowest BCUT2D eigenvalue weighted by atomic mass is 9.93. The van der Waals surface area contributed by atoms with Crippen LogP contribution in [0.3, 0.4) is 0 Å². The minimum atomic E-state index is -0.597. The van der Waals surface area contributed by atoms with Crippen molar-refractivity contribution >= 4 is 31.1 Å². The van der Waals surface area contributed by atoms with E-state index in [1.54, 1.807) is 18.2 Å². The van der Waals surface area contributed by atoms with Crippen LogP contribution in [-0.4, -0.2) is 41.1 Å². The third-order valence-corrected chi connectivity index (χ3v) is 3.21. The van der Waals surface area contributed by atoms with Crippen LogP contribution in [0.15, 0.2) is 30.6 Å². The minimum Gasteiger partial charge on any atom is -0.325 e. The Balaban J connectivity index is 1.66. The van der Waals surface area contributed by atoms with Gasteiger partial charge in [-0.1, -0.05) is 17.6 Å². The van der Waals surface area contributed by atoms with Crippen molar-refractivity contribution < 1.29 is 14.0 Å². The van der Waals surface area contributed by atoms with E-state index >= 15 is 0 Å². The number of nitrogens with one attached hydrogen (secondary N) is 1. The van der Waals surface area contributed by atoms with E-state index in [0.717, 1.165) is 18.0 Å². The van der Waals surface area contributed by atoms with E-state index < -0.39 is 11.7 Å². The first-order valence-electron chi connectivity index (χ1n) is 6.48. The molecule has 2 radical (unpaired) electrons. The molecule has 0 saturated carbocycles. The maximum Gasteiger partial charge on any atom is 0.254 e. The third-order valence-electron chi connectivity index (χ3n) is 3.21. The van der Waals surface area contributed by atoms with E-state index in [1.165, 1.54) is 4.90 Å². The molecule has 1 aromatic carbocycles. The SMILES string of the molecule is [B]c1ccc2c(c1)CN(CC(=O)Nc1ncc(F)cn1)C2=O. The molecule has 6 nitrogen and oxygen atoms in total. The maximum atomic E-state index is 12.7. The zero-order valence-corrected chi connectivity index (χ0v) is 11.4. The van der Waals surface area contributed by atoms with Crippen LogP contribution in [0.1, 0.15) is 15.9 Å². The van der Waals surface area contributed by atoms with Gasteiger partial charge in [0.2, 0.25) is 11.9 Å². The van der Waals surface area contributed by atoms with Gasteiger partial charge in [0.15, 0.2) is 5.82 Å². The Hall–Kier alpha value is -2.77. The molecule has 0 aliphatic carbocycles. The third kappa shape index (κ3) is 2.81. The van der Waals surface area contributed by atoms with Crippen LogP contribution in [0.2, 0.25) is 0 Å². The van der Waals surface area contributed by atoms with Crippen molar-refractivity contribution in [3.63, 3.8) is 0 Å². The Labute approximate surface area is 126 Å². The first kappa shape index (κ1) is 14.2. The summed E-state index contributed by atoms with van der Waals surface area (Å²) in [6, 6.07) is 5.01. The molecular formula is C14H10BFN4O2. The predicted molar refractivity (Wildman–Crippen MR) is 77.2 cm³/mol. The van der Waals surface area contributed by atoms with Gasteiger partial charge < -0.3 is 4.90 Å². The molecule has 108 valence electrons. The first-order chi connectivity index (χ1) is 10.5. The predicted octanol–water partition coefficient (Wildman–Crippen LogP) is 0.00400. The Morgan fingerprint density at radius 1 is 1.36 bits per heavy atom. The van der Waals surface area contributed by atoms with E-state index in [9.17, 15) is 14.0 Å². The molecule has 0 fully saturated rings. The van der Waals surface area contributed by atoms with Gasteiger partial charge in [0.05, 0.1) is 12.4 Å². The van der Waals surface area contributed by atoms with Crippen LogP contribution in [0.25, 0.3) is 0 Å². The maximum absolute atomic E-state index is 12.7. The normalized spacial score (nSPS) is 13.1. The number of fused-ring (bicyclic) bond motifs is 1. The quantitative estimate of drug-likeness (QED) is 0.809. The van der Waals surface area contributed by atoms with Crippen molar-refractivity contribution in [3.8, 4) is 0 Å². The molecule has 0 atom stereocenters. The fourth-order valence-electron chi connectivity index (χ4n) is 2.24. The fourth-order valence-corrected chi connectivity index (χ4v) is 2.24. The van der Waals surface area contributed by atoms with Gasteiger partial charge in [0, 0.05) is 12.1 Å². The van der Waals surface area contributed by atoms with Gasteiger partial charge >= 0.3 is 0 Å². The molecule has 1 aliphatic heterocycles. The number of nitrogens with zero attached hydrogens (tertiary/aromatic N) is 3. The molecule has 1 N–H and O–H groups in total. The monoisotopic (exact) mass is 296 g/mol. The minimum absolute atomic E-state index is 0.0141. The standard InChI is InChI=1S/C14H10BFN4O2/c15-9-1-2-11-8(3-9)6-20(13(11)22)7-12(21)19-14-17-4-10(16)5-18-14/h1-5H,6-7H2,(H,17,18,19,21). The van der Waals surface area contributed by atoms with Gasteiger partial charge in [0.1, 0.15) is 14.4 Å². The molecule has 1 aromatic heterocycles. The lowest BCUT2D eigenvalue weighted by Crippen LogP contribution is -2.33. The smallest absolute Gasteiger partial charge is 0.254 e. The molecule has 0 bridgehead atoms. The number of carbonyl (C=O) groups excluding carboxylic acids is 2. The molecule has 2 heterocycles. The van der Waals surface area contributed by atoms with Gasteiger partial charge in [-0.25, -0.2) is 14.4 Å². The molecule has 0 unspecified atom stereocenters. The Kier molecular flexibility index (Phi) is 3.58. The fraction of sp³-hybridized carbons (Fsp3) is 0.143. The number of rotatable bonds is 3. The van der Waals surface area contributed by atoms with Crippen LogP contribution in [0.5, 0.6) is 0 Å². The van der Waals surface area contributed by atoms with E-state index in [1.807, 2.05) is 0 Å². The summed E-state index contributed by atoms with van der Waals surface area (Å²) in [6.45, 7) is 0.172. The molecule has 0 saturated heterocycles. The second kappa shape index (κ2) is 5.55. The molecule has 0 spiro atoms. The summed E-state index contributed by atoms with van der Waals surface area (Å²) in [5, 5.41) is 2.41. The average molecular weight is 296 g/mol. The van der Waals surface area contributed by atoms with E-state index in [0.29, 0.717) is 17.6 Å². The zero-order valence-electron chi connectivity index (χ0n) is 11.4. The summed E-state index contributed by atoms with van der Waals surface area (Å²) in [5.41, 5.74) is 1.90. The molecule has 8 heteroatoms. The molecule has 1 aliphatic rings. The van der Waals surface area contributed by atoms with Crippen LogP contribution in [0.4, 0.5) is 10.3 Å². The summed E-state index contributed by atoms with van der Waals surface area (Å²) in [4.78, 5) is 32.7. The highest BCUT2D eigenvalue weighted by molar-refractivity contribution is 6.32. The van der Waals surface area contributed by atoms with Crippen LogP contribution >= 0.6 is 0 Å². The molecule has 2 amide bonds. The number of benzene rings is 1. The zero-order chi connectivity index (χ0) is 15.7. The van der Waals surface area contributed by atoms with E-state index in [4.69, 9.17) is 7.85 Å². The summed E-state index contributed by atoms with van der Waals surface area (Å²) < 4.78 is 12.7. The van der Waals surface area contributed by atoms with E-state index in [-0.39, 0.29) is 18.4 Å². The lowest BCUT2D eigenvalue weighted by molar-refractivity contribution is -0.117. The molecule has 22 heavy (non-hydrogen) atoms. The van der Waals surface area contributed by atoms with Gasteiger partial charge in [-0.05, 0) is 11.6 Å². The largest absolute Gasteiger partial charge is 0.325 e. The Bertz CT molecular complexity index is 751. The van der Waals surface area contributed by atoms with E-state index in [2.05, 4.69) is 15.3 Å². The summed E-state index contributed by atoms with van der Waals surface area (Å²) >= 11 is 0. The highest BCUT2D eigenvalue weighted by Crippen LogP contribution is 2.21. The van der Waals surface area contributed by atoms with Crippen molar-refractivity contribution in [3.05, 3.63) is 47.5 Å². The molecular weight excluding hydrogens is 286 g/mol. The van der Waals surface area contributed by atoms with Gasteiger partial charge in [-0.2, -0.15) is 0 Å². The van der Waals surface area contributed by atoms with Crippen LogP contribution < -0.4 is 10.8 Å². The van der Waals surface area contributed by atoms with Crippen LogP contribution in [-0.2, 0) is 11.3 Å². The first-order valence-corrected chi connectivity index (χ1v) is 6.48. The lowest BCUT2D eigenvalue weighted by Gasteiger charge is -2.14. The number of anilines is 1. The number of hydrogen-bond acceptors (Lipinski definition) is 4. The number of aromatic nitrogens is 2. The summed E-state index contributed by atoms with van der Waals surface area (Å²) in [6.07, 6.45) is 1.89. The van der Waals surface area contributed by atoms with Crippen molar-refractivity contribution in [1.82, 2.24) is 14.9 Å². The molecule has 2 aromatic rings. The van der Waals surface area contributed by atoms with Gasteiger partial charge in [-0.3, -0.25) is 14.9 Å². The van der Waals surface area contributed by atoms with Gasteiger partial charge in [0.25, 0.3) is 5.91 Å². The molecule has 3 rings (SSSR count). The Morgan fingerprint density at radius 3 is 2.82 bits per heavy atom. The summed E-state index contributed by atoms with van der Waals surface area (Å²) in [7, 11) is 5.68. The van der Waals surface area contributed by atoms with Crippen molar-refractivity contribution in [2.75, 3.05) is 11.9 Å². The number of carbonyl (C=O) groups is 2. The average Bonchev–Trinajstić information content (AvgIpc) is 2.77. The van der Waals surface area contributed by atoms with Crippen LogP contribution in [0, 0.1) is 5.82 Å². The van der Waals surface area contributed by atoms with Crippen molar-refractivity contribution in [1.29, 1.82) is 0 Å². The number of hydrogen-bond donors (Lipinski definition) is 1. The summed E-state index contributed by atoms with van der Waals surface area (Å²) in [5.74, 6) is -1.30. The van der Waals surface area contributed by atoms with Gasteiger partial charge in [-0.15, -0.1) is 0 Å². The Morgan fingerprint density at radius 2 is 2.09 bits per heavy atom. The second-order valence-electron chi connectivity index (χ2n) is 4.85. The number of amides is 2. The van der Waals surface area contributed by atoms with Crippen molar-refractivity contribution in [2.45, 2.75) is 6.54 Å². The second-order valence-corrected chi connectivity index (χ2v) is 4.85.